The molecule has 1 aliphatic heterocycles. The van der Waals surface area contributed by atoms with E-state index >= 15 is 0 Å². The molecule has 0 bridgehead atoms. The highest BCUT2D eigenvalue weighted by Gasteiger charge is 2.25. The number of nitrogens with zero attached hydrogens (tertiary/aromatic N) is 6. The molecule has 1 fully saturated rings. The molecule has 10 nitrogen and oxygen atoms in total. The van der Waals surface area contributed by atoms with Crippen LogP contribution in [0.25, 0.3) is 22.4 Å². The zero-order chi connectivity index (χ0) is 35.1. The lowest BCUT2D eigenvalue weighted by Crippen LogP contribution is -2.29. The molecule has 0 radical (unpaired) electrons. The molecule has 49 heavy (non-hydrogen) atoms. The van der Waals surface area contributed by atoms with Gasteiger partial charge in [-0.25, -0.2) is 18.7 Å². The summed E-state index contributed by atoms with van der Waals surface area (Å²) in [5.74, 6) is 0.269. The third-order valence-corrected chi connectivity index (χ3v) is 8.14. The van der Waals surface area contributed by atoms with E-state index in [1.807, 2.05) is 70.3 Å². The van der Waals surface area contributed by atoms with Crippen molar-refractivity contribution in [2.24, 2.45) is 0 Å². The predicted molar refractivity (Wildman–Crippen MR) is 186 cm³/mol. The molecule has 5 aromatic rings. The molecule has 4 heterocycles. The molecular weight excluding hydrogens is 628 g/mol. The van der Waals surface area contributed by atoms with Crippen LogP contribution in [0.4, 0.5) is 20.3 Å². The summed E-state index contributed by atoms with van der Waals surface area (Å²) < 4.78 is 41.4. The number of likely N-dealkylation sites (tertiary alicyclic amines) is 1. The van der Waals surface area contributed by atoms with Crippen LogP contribution in [0.3, 0.4) is 0 Å². The van der Waals surface area contributed by atoms with Gasteiger partial charge < -0.3 is 19.7 Å². The number of pyridine rings is 1. The molecule has 12 heteroatoms. The first kappa shape index (κ1) is 35.3. The van der Waals surface area contributed by atoms with Crippen molar-refractivity contribution in [3.05, 3.63) is 89.4 Å². The number of carbonyl (C=O) groups excluding carboxylic acids is 1. The van der Waals surface area contributed by atoms with Crippen LogP contribution in [-0.2, 0) is 16.1 Å². The minimum atomic E-state index is -0.683. The van der Waals surface area contributed by atoms with Crippen molar-refractivity contribution >= 4 is 28.9 Å². The second-order valence-electron chi connectivity index (χ2n) is 13.0. The fourth-order valence-corrected chi connectivity index (χ4v) is 5.67. The van der Waals surface area contributed by atoms with E-state index in [2.05, 4.69) is 27.0 Å². The number of hydrogen-bond acceptors (Lipinski definition) is 9. The Morgan fingerprint density at radius 3 is 2.39 bits per heavy atom. The van der Waals surface area contributed by atoms with Crippen LogP contribution in [0.1, 0.15) is 63.3 Å². The van der Waals surface area contributed by atoms with Crippen LogP contribution in [0.2, 0.25) is 0 Å². The van der Waals surface area contributed by atoms with Crippen LogP contribution in [-0.4, -0.2) is 68.4 Å². The smallest absolute Gasteiger partial charge is 0.293 e. The number of aryl methyl sites for hydroxylation is 1. The van der Waals surface area contributed by atoms with Crippen molar-refractivity contribution in [2.75, 3.05) is 32.1 Å². The van der Waals surface area contributed by atoms with Gasteiger partial charge in [-0.1, -0.05) is 18.2 Å². The second-order valence-corrected chi connectivity index (χ2v) is 13.0. The van der Waals surface area contributed by atoms with E-state index in [0.717, 1.165) is 59.6 Å². The minimum absolute atomic E-state index is 0.0906. The first-order valence-electron chi connectivity index (χ1n) is 16.4. The Hall–Kier alpha value is -4.97. The van der Waals surface area contributed by atoms with Gasteiger partial charge in [-0.2, -0.15) is 5.10 Å². The Morgan fingerprint density at radius 2 is 1.76 bits per heavy atom. The number of aromatic nitrogens is 5. The van der Waals surface area contributed by atoms with Gasteiger partial charge in [0.1, 0.15) is 34.5 Å². The molecular formula is C37H43F2N7O3. The molecule has 0 saturated carbocycles. The molecule has 2 aromatic carbocycles. The van der Waals surface area contributed by atoms with Gasteiger partial charge in [0.05, 0.1) is 18.7 Å². The number of nitrogens with one attached hydrogen (secondary N) is 1. The van der Waals surface area contributed by atoms with Gasteiger partial charge in [-0.3, -0.25) is 14.5 Å². The van der Waals surface area contributed by atoms with E-state index < -0.39 is 11.6 Å². The number of piperidine rings is 1. The number of hydrogen-bond donors (Lipinski definition) is 1. The second kappa shape index (κ2) is 15.5. The zero-order valence-corrected chi connectivity index (χ0v) is 28.8. The Kier molecular flexibility index (Phi) is 11.2. The topological polar surface area (TPSA) is 107 Å². The maximum Gasteiger partial charge on any atom is 0.293 e. The quantitative estimate of drug-likeness (QED) is 0.160. The lowest BCUT2D eigenvalue weighted by Gasteiger charge is -2.30. The molecule has 0 atom stereocenters. The summed E-state index contributed by atoms with van der Waals surface area (Å²) in [4.78, 5) is 26.0. The van der Waals surface area contributed by atoms with Gasteiger partial charge in [0, 0.05) is 52.4 Å². The molecule has 3 aromatic heterocycles. The van der Waals surface area contributed by atoms with E-state index in [-0.39, 0.29) is 23.5 Å². The van der Waals surface area contributed by atoms with Crippen molar-refractivity contribution in [3.8, 4) is 17.3 Å². The van der Waals surface area contributed by atoms with Crippen LogP contribution in [0.5, 0.6) is 5.75 Å². The highest BCUT2D eigenvalue weighted by molar-refractivity contribution is 5.92. The molecule has 6 rings (SSSR count). The van der Waals surface area contributed by atoms with Crippen LogP contribution >= 0.6 is 0 Å². The minimum Gasteiger partial charge on any atom is -0.494 e. The number of halogens is 2. The number of rotatable bonds is 9. The van der Waals surface area contributed by atoms with Crippen molar-refractivity contribution in [3.63, 3.8) is 0 Å². The Morgan fingerprint density at radius 1 is 1.04 bits per heavy atom. The largest absolute Gasteiger partial charge is 0.494 e. The summed E-state index contributed by atoms with van der Waals surface area (Å²) in [6.45, 7) is 11.9. The van der Waals surface area contributed by atoms with Gasteiger partial charge in [-0.15, -0.1) is 0 Å². The molecule has 1 aliphatic rings. The average molecular weight is 672 g/mol. The van der Waals surface area contributed by atoms with Gasteiger partial charge in [-0.05, 0) is 91.7 Å². The Bertz CT molecular complexity index is 1880. The molecule has 1 N–H and O–H groups in total. The van der Waals surface area contributed by atoms with E-state index in [9.17, 15) is 13.6 Å². The highest BCUT2D eigenvalue weighted by atomic mass is 19.1. The summed E-state index contributed by atoms with van der Waals surface area (Å²) >= 11 is 0. The fraction of sp³-hybridized carbons (Fsp3) is 0.378. The first-order valence-corrected chi connectivity index (χ1v) is 16.4. The lowest BCUT2D eigenvalue weighted by molar-refractivity contribution is -0.138. The first-order chi connectivity index (χ1) is 23.5. The van der Waals surface area contributed by atoms with E-state index in [4.69, 9.17) is 19.8 Å². The van der Waals surface area contributed by atoms with Gasteiger partial charge in [0.2, 0.25) is 0 Å². The van der Waals surface area contributed by atoms with Gasteiger partial charge in [0.15, 0.2) is 5.82 Å². The maximum absolute atomic E-state index is 15.0. The Labute approximate surface area is 285 Å². The van der Waals surface area contributed by atoms with Crippen LogP contribution < -0.4 is 10.1 Å². The van der Waals surface area contributed by atoms with Crippen molar-refractivity contribution in [1.82, 2.24) is 29.6 Å². The summed E-state index contributed by atoms with van der Waals surface area (Å²) in [5.41, 5.74) is 3.70. The molecule has 0 amide bonds. The lowest BCUT2D eigenvalue weighted by atomic mass is 9.90. The summed E-state index contributed by atoms with van der Waals surface area (Å²) in [6, 6.07) is 13.9. The number of ether oxygens (including phenoxy) is 2. The van der Waals surface area contributed by atoms with Gasteiger partial charge >= 0.3 is 0 Å². The number of benzene rings is 2. The molecule has 1 saturated heterocycles. The average Bonchev–Trinajstić information content (AvgIpc) is 3.42. The van der Waals surface area contributed by atoms with Crippen molar-refractivity contribution < 1.29 is 23.0 Å². The SMILES string of the molecule is CC(C)(C)OC=O.CCOc1cc(F)c(Cn2nc(-c3ncc(C4CCN(C)CC4)c(Nc4ccnc(C)c4)n3)c3ccccc32)c(F)c1. The summed E-state index contributed by atoms with van der Waals surface area (Å²) in [7, 11) is 2.14. The van der Waals surface area contributed by atoms with E-state index in [1.54, 1.807) is 17.8 Å². The van der Waals surface area contributed by atoms with E-state index in [0.29, 0.717) is 30.5 Å². The molecule has 0 unspecified atom stereocenters. The fourth-order valence-electron chi connectivity index (χ4n) is 5.67. The maximum atomic E-state index is 15.0. The number of anilines is 2. The Balaban J connectivity index is 0.000000606. The van der Waals surface area contributed by atoms with Crippen molar-refractivity contribution in [2.45, 2.75) is 65.5 Å². The normalized spacial score (nSPS) is 13.9. The number of para-hydroxylation sites is 1. The standard InChI is InChI=1S/C32H33F2N7O.C5H10O2/c1-4-42-23-16-27(33)26(28(34)17-23)19-41-29-8-6-5-7-24(29)30(39-41)32-36-18-25(21-10-13-40(3)14-11-21)31(38-32)37-22-9-12-35-20(2)15-22;1-5(2,3)7-4-6/h5-9,12,15-18,21H,4,10-11,13-14,19H2,1-3H3,(H,35,36,37,38);4H,1-3H3. The molecule has 258 valence electrons. The molecule has 0 aliphatic carbocycles. The van der Waals surface area contributed by atoms with Crippen molar-refractivity contribution in [1.29, 1.82) is 0 Å². The summed E-state index contributed by atoms with van der Waals surface area (Å²) in [6.07, 6.45) is 5.69. The number of fused-ring (bicyclic) bond motifs is 1. The predicted octanol–water partition coefficient (Wildman–Crippen LogP) is 7.43. The van der Waals surface area contributed by atoms with Gasteiger partial charge in [0.25, 0.3) is 6.47 Å². The van der Waals surface area contributed by atoms with E-state index in [1.165, 1.54) is 12.1 Å². The summed E-state index contributed by atoms with van der Waals surface area (Å²) in [5, 5.41) is 9.09. The van der Waals surface area contributed by atoms with Crippen LogP contribution in [0.15, 0.2) is 60.9 Å². The third-order valence-electron chi connectivity index (χ3n) is 8.14. The third kappa shape index (κ3) is 8.94. The molecule has 0 spiro atoms. The number of carbonyl (C=O) groups is 1. The zero-order valence-electron chi connectivity index (χ0n) is 28.8. The van der Waals surface area contributed by atoms with Crippen LogP contribution in [0, 0.1) is 18.6 Å². The highest BCUT2D eigenvalue weighted by Crippen LogP contribution is 2.35. The monoisotopic (exact) mass is 671 g/mol.